The zero-order valence-corrected chi connectivity index (χ0v) is 50.6. The summed E-state index contributed by atoms with van der Waals surface area (Å²) in [5, 5.41) is 31.3. The summed E-state index contributed by atoms with van der Waals surface area (Å²) in [5.74, 6) is 1.44. The summed E-state index contributed by atoms with van der Waals surface area (Å²) in [6.07, 6.45) is 4.02. The number of hydrogen-bond donors (Lipinski definition) is 0. The molecule has 1 unspecified atom stereocenters. The normalized spacial score (nSPS) is 14.0. The van der Waals surface area contributed by atoms with Gasteiger partial charge in [0.05, 0.1) is 119 Å². The molecular weight excluding hydrogens is 1160 g/mol. The molecule has 12 aromatic carbocycles. The molecule has 10 nitrogen and oxygen atoms in total. The van der Waals surface area contributed by atoms with E-state index in [1.54, 1.807) is 0 Å². The van der Waals surface area contributed by atoms with Crippen molar-refractivity contribution in [3.8, 4) is 63.5 Å². The van der Waals surface area contributed by atoms with Crippen LogP contribution in [0.4, 0.5) is 0 Å². The summed E-state index contributed by atoms with van der Waals surface area (Å²) in [4.78, 5) is 11.3. The van der Waals surface area contributed by atoms with Crippen molar-refractivity contribution in [2.45, 2.75) is 5.41 Å². The second kappa shape index (κ2) is 18.9. The number of benzene rings is 12. The van der Waals surface area contributed by atoms with Crippen LogP contribution in [0.5, 0.6) is 11.5 Å². The molecule has 0 bridgehead atoms. The SMILES string of the molecule is N#Cc1ccc2c(c1)c1ccccc1n2-c1cnc2c(c1)C1(c3cc(-n4c5ccccc5c5ccccc54)ccc3Oc3ccc(-n4c5ccccc5c5cc(-n6c7ccccc7c7cc(C#N)ccc76)ccc54)cc31)c1cc(-n3c4ccccc4c4ccccc43)cnc1-2. The minimum atomic E-state index is -1.15. The molecule has 95 heavy (non-hydrogen) atoms. The van der Waals surface area contributed by atoms with Gasteiger partial charge >= 0.3 is 0 Å². The number of fused-ring (bicyclic) bond motifs is 24. The van der Waals surface area contributed by atoms with E-state index in [1.165, 1.54) is 10.8 Å². The summed E-state index contributed by atoms with van der Waals surface area (Å²) in [6, 6.07) is 102. The summed E-state index contributed by atoms with van der Waals surface area (Å²) < 4.78 is 19.3. The van der Waals surface area contributed by atoms with Gasteiger partial charge in [-0.05, 0) is 146 Å². The fraction of sp³-hybridized carbons (Fsp3) is 0.0118. The topological polar surface area (TPSA) is 107 Å². The number of ether oxygens (including phenoxy) is 1. The van der Waals surface area contributed by atoms with Gasteiger partial charge in [0, 0.05) is 93.2 Å². The lowest BCUT2D eigenvalue weighted by molar-refractivity contribution is 0.436. The van der Waals surface area contributed by atoms with Crippen LogP contribution in [0.2, 0.25) is 0 Å². The molecule has 19 aromatic rings. The number of para-hydroxylation sites is 7. The zero-order chi connectivity index (χ0) is 62.4. The first kappa shape index (κ1) is 51.5. The van der Waals surface area contributed by atoms with E-state index in [0.717, 1.165) is 166 Å². The predicted molar refractivity (Wildman–Crippen MR) is 381 cm³/mol. The van der Waals surface area contributed by atoms with Gasteiger partial charge < -0.3 is 27.6 Å². The lowest BCUT2D eigenvalue weighted by Crippen LogP contribution is -2.33. The molecule has 8 heterocycles. The van der Waals surface area contributed by atoms with Crippen molar-refractivity contribution in [3.63, 3.8) is 0 Å². The molecule has 7 aromatic heterocycles. The minimum absolute atomic E-state index is 0.597. The highest BCUT2D eigenvalue weighted by Gasteiger charge is 2.54. The van der Waals surface area contributed by atoms with Crippen LogP contribution in [0.3, 0.4) is 0 Å². The Morgan fingerprint density at radius 2 is 0.537 bits per heavy atom. The molecular formula is C85H47N9O. The van der Waals surface area contributed by atoms with Gasteiger partial charge in [-0.1, -0.05) is 127 Å². The number of nitrogens with zero attached hydrogens (tertiary/aromatic N) is 9. The first-order valence-electron chi connectivity index (χ1n) is 31.9. The van der Waals surface area contributed by atoms with Crippen LogP contribution in [0, 0.1) is 22.7 Å². The summed E-state index contributed by atoms with van der Waals surface area (Å²) >= 11 is 0. The van der Waals surface area contributed by atoms with Gasteiger partial charge in [-0.15, -0.1) is 0 Å². The second-order valence-corrected chi connectivity index (χ2v) is 25.1. The molecule has 0 radical (unpaired) electrons. The minimum Gasteiger partial charge on any atom is -0.457 e. The van der Waals surface area contributed by atoms with Crippen LogP contribution >= 0.6 is 0 Å². The van der Waals surface area contributed by atoms with Crippen LogP contribution in [0.15, 0.2) is 285 Å². The quantitative estimate of drug-likeness (QED) is 0.171. The summed E-state index contributed by atoms with van der Waals surface area (Å²) in [6.45, 7) is 0. The number of hydrogen-bond acceptors (Lipinski definition) is 5. The second-order valence-electron chi connectivity index (χ2n) is 25.1. The summed E-state index contributed by atoms with van der Waals surface area (Å²) in [5.41, 5.74) is 20.7. The molecule has 21 rings (SSSR count). The van der Waals surface area contributed by atoms with Gasteiger partial charge in [-0.3, -0.25) is 9.97 Å². The van der Waals surface area contributed by atoms with Crippen molar-refractivity contribution in [2.24, 2.45) is 0 Å². The Hall–Kier alpha value is -13.3. The molecule has 0 amide bonds. The largest absolute Gasteiger partial charge is 0.457 e. The summed E-state index contributed by atoms with van der Waals surface area (Å²) in [7, 11) is 0. The molecule has 0 fully saturated rings. The Kier molecular flexibility index (Phi) is 10.2. The molecule has 0 saturated heterocycles. The first-order chi connectivity index (χ1) is 47.0. The number of rotatable bonds is 5. The molecule has 1 aliphatic heterocycles. The van der Waals surface area contributed by atoms with Gasteiger partial charge in [0.1, 0.15) is 11.5 Å². The highest BCUT2D eigenvalue weighted by atomic mass is 16.5. The molecule has 0 saturated carbocycles. The van der Waals surface area contributed by atoms with Crippen molar-refractivity contribution in [2.75, 3.05) is 0 Å². The van der Waals surface area contributed by atoms with Crippen molar-refractivity contribution < 1.29 is 4.74 Å². The maximum atomic E-state index is 10.3. The predicted octanol–water partition coefficient (Wildman–Crippen LogP) is 20.2. The fourth-order valence-corrected chi connectivity index (χ4v) is 16.6. The Morgan fingerprint density at radius 3 is 0.895 bits per heavy atom. The van der Waals surface area contributed by atoms with E-state index in [0.29, 0.717) is 16.9 Å². The van der Waals surface area contributed by atoms with E-state index < -0.39 is 5.41 Å². The molecule has 438 valence electrons. The van der Waals surface area contributed by atoms with Crippen LogP contribution in [0.25, 0.3) is 149 Å². The third-order valence-corrected chi connectivity index (χ3v) is 20.4. The molecule has 1 atom stereocenters. The van der Waals surface area contributed by atoms with E-state index in [-0.39, 0.29) is 0 Å². The highest BCUT2D eigenvalue weighted by Crippen LogP contribution is 2.63. The van der Waals surface area contributed by atoms with E-state index in [4.69, 9.17) is 14.7 Å². The van der Waals surface area contributed by atoms with Gasteiger partial charge in [-0.2, -0.15) is 10.5 Å². The van der Waals surface area contributed by atoms with Crippen molar-refractivity contribution in [1.29, 1.82) is 10.5 Å². The third kappa shape index (κ3) is 6.83. The van der Waals surface area contributed by atoms with E-state index in [9.17, 15) is 10.5 Å². The Bertz CT molecular complexity index is 6650. The molecule has 0 N–H and O–H groups in total. The van der Waals surface area contributed by atoms with Crippen LogP contribution in [-0.4, -0.2) is 32.8 Å². The molecule has 10 heteroatoms. The van der Waals surface area contributed by atoms with Crippen molar-refractivity contribution in [3.05, 3.63) is 319 Å². The molecule has 1 spiro atoms. The Balaban J connectivity index is 0.878. The molecule has 1 aliphatic carbocycles. The molecule has 2 aliphatic rings. The van der Waals surface area contributed by atoms with Gasteiger partial charge in [0.15, 0.2) is 0 Å². The maximum Gasteiger partial charge on any atom is 0.132 e. The van der Waals surface area contributed by atoms with Gasteiger partial charge in [0.25, 0.3) is 0 Å². The maximum absolute atomic E-state index is 10.3. The van der Waals surface area contributed by atoms with Crippen LogP contribution in [0.1, 0.15) is 33.4 Å². The highest BCUT2D eigenvalue weighted by molar-refractivity contribution is 6.15. The average molecular weight is 1210 g/mol. The van der Waals surface area contributed by atoms with E-state index in [1.807, 2.05) is 36.7 Å². The Labute approximate surface area is 541 Å². The Morgan fingerprint density at radius 1 is 0.263 bits per heavy atom. The smallest absolute Gasteiger partial charge is 0.132 e. The van der Waals surface area contributed by atoms with Crippen LogP contribution < -0.4 is 4.74 Å². The number of aromatic nitrogens is 7. The van der Waals surface area contributed by atoms with Crippen molar-refractivity contribution >= 4 is 109 Å². The number of pyridine rings is 2. The lowest BCUT2D eigenvalue weighted by Gasteiger charge is -2.39. The third-order valence-electron chi connectivity index (χ3n) is 20.4. The van der Waals surface area contributed by atoms with E-state index >= 15 is 0 Å². The van der Waals surface area contributed by atoms with Crippen LogP contribution in [-0.2, 0) is 5.41 Å². The lowest BCUT2D eigenvalue weighted by atomic mass is 9.66. The van der Waals surface area contributed by atoms with E-state index in [2.05, 4.69) is 284 Å². The fourth-order valence-electron chi connectivity index (χ4n) is 16.6. The zero-order valence-electron chi connectivity index (χ0n) is 50.6. The monoisotopic (exact) mass is 1210 g/mol. The number of nitriles is 2. The standard InChI is InChI=1S/C85H47N9O/c86-46-50-29-34-78-64(39-50)61-19-5-12-26-75(61)90(78)52-31-36-80-66(41-52)63-21-7-13-27-76(63)92(80)54-33-38-82-68(43-54)85(67-42-53(32-37-81(67)95-82)91-71-22-8-1-15-57(71)58-16-2-9-23-72(58)91)69-44-55(93-73-24-10-3-17-59(73)60-18-4-11-25-74(60)93)48-88-83(69)84-70(85)45-56(49-89-84)94-77-28-14-6-20-62(77)65-40-51(47-87)30-35-79(65)94/h1-45,48-49H. The van der Waals surface area contributed by atoms with Gasteiger partial charge in [-0.25, -0.2) is 0 Å². The van der Waals surface area contributed by atoms with Gasteiger partial charge in [0.2, 0.25) is 0 Å². The first-order valence-corrected chi connectivity index (χ1v) is 31.9. The average Bonchev–Trinajstić information content (AvgIpc) is 1.57. The van der Waals surface area contributed by atoms with Crippen molar-refractivity contribution in [1.82, 2.24) is 32.8 Å².